The lowest BCUT2D eigenvalue weighted by molar-refractivity contribution is 0.137. The number of hydrogen-bond donors (Lipinski definition) is 0. The number of benzene rings is 2. The van der Waals surface area contributed by atoms with Crippen LogP contribution in [0.4, 0.5) is 0 Å². The Hall–Kier alpha value is -2.83. The van der Waals surface area contributed by atoms with E-state index in [-0.39, 0.29) is 0 Å². The van der Waals surface area contributed by atoms with Crippen LogP contribution in [0.5, 0.6) is 0 Å². The molecule has 1 heterocycles. The van der Waals surface area contributed by atoms with Crippen molar-refractivity contribution in [2.75, 3.05) is 0 Å². The van der Waals surface area contributed by atoms with E-state index in [4.69, 9.17) is 0 Å². The van der Waals surface area contributed by atoms with Gasteiger partial charge in [0.1, 0.15) is 0 Å². The molecule has 0 radical (unpaired) electrons. The lowest BCUT2D eigenvalue weighted by atomic mass is 9.93. The summed E-state index contributed by atoms with van der Waals surface area (Å²) in [5.74, 6) is 0. The molecular weight excluding hydrogens is 366 g/mol. The predicted molar refractivity (Wildman–Crippen MR) is 122 cm³/mol. The second-order valence-corrected chi connectivity index (χ2v) is 8.62. The van der Waals surface area contributed by atoms with E-state index in [1.807, 2.05) is 18.2 Å². The Morgan fingerprint density at radius 1 is 0.933 bits per heavy atom. The number of hydrogen-bond acceptors (Lipinski definition) is 2. The van der Waals surface area contributed by atoms with Crippen LogP contribution in [-0.4, -0.2) is 15.5 Å². The van der Waals surface area contributed by atoms with Gasteiger partial charge in [-0.25, -0.2) is 0 Å². The Kier molecular flexibility index (Phi) is 6.67. The minimum Gasteiger partial charge on any atom is -0.346 e. The van der Waals surface area contributed by atoms with Crippen LogP contribution < -0.4 is 0 Å². The average molecular weight is 398 g/mol. The number of nitriles is 1. The lowest BCUT2D eigenvalue weighted by Gasteiger charge is -2.34. The topological polar surface area (TPSA) is 32.0 Å². The Balaban J connectivity index is 1.53. The van der Waals surface area contributed by atoms with Crippen molar-refractivity contribution in [3.63, 3.8) is 0 Å². The molecule has 0 unspecified atom stereocenters. The van der Waals surface area contributed by atoms with E-state index in [0.29, 0.717) is 6.04 Å². The fourth-order valence-electron chi connectivity index (χ4n) is 4.58. The van der Waals surface area contributed by atoms with Gasteiger partial charge in [0.15, 0.2) is 0 Å². The van der Waals surface area contributed by atoms with E-state index in [1.54, 1.807) is 0 Å². The van der Waals surface area contributed by atoms with E-state index < -0.39 is 0 Å². The second kappa shape index (κ2) is 9.78. The molecule has 0 amide bonds. The lowest BCUT2D eigenvalue weighted by Crippen LogP contribution is -2.36. The first kappa shape index (κ1) is 20.4. The molecule has 3 aromatic rings. The van der Waals surface area contributed by atoms with Crippen molar-refractivity contribution in [3.05, 3.63) is 94.8 Å². The third kappa shape index (κ3) is 5.20. The van der Waals surface area contributed by atoms with Crippen LogP contribution in [0.3, 0.4) is 0 Å². The monoisotopic (exact) mass is 397 g/mol. The zero-order chi connectivity index (χ0) is 20.8. The van der Waals surface area contributed by atoms with E-state index in [0.717, 1.165) is 25.2 Å². The summed E-state index contributed by atoms with van der Waals surface area (Å²) in [4.78, 5) is 2.64. The van der Waals surface area contributed by atoms with Crippen LogP contribution in [0.25, 0.3) is 0 Å². The molecule has 0 bridgehead atoms. The molecule has 0 spiro atoms. The smallest absolute Gasteiger partial charge is 0.0991 e. The van der Waals surface area contributed by atoms with Gasteiger partial charge in [-0.1, -0.05) is 61.2 Å². The van der Waals surface area contributed by atoms with Gasteiger partial charge in [-0.3, -0.25) is 4.90 Å². The van der Waals surface area contributed by atoms with Crippen molar-refractivity contribution < 1.29 is 0 Å². The predicted octanol–water partition coefficient (Wildman–Crippen LogP) is 6.05. The van der Waals surface area contributed by atoms with Gasteiger partial charge in [-0.15, -0.1) is 0 Å². The van der Waals surface area contributed by atoms with Crippen LogP contribution in [0.15, 0.2) is 66.9 Å². The Labute approximate surface area is 180 Å². The molecule has 3 nitrogen and oxygen atoms in total. The molecule has 1 aromatic heterocycles. The maximum absolute atomic E-state index is 9.28. The summed E-state index contributed by atoms with van der Waals surface area (Å²) >= 11 is 0. The summed E-state index contributed by atoms with van der Waals surface area (Å²) in [5.41, 5.74) is 5.98. The highest BCUT2D eigenvalue weighted by atomic mass is 15.2. The van der Waals surface area contributed by atoms with Crippen molar-refractivity contribution in [1.29, 1.82) is 5.26 Å². The summed E-state index contributed by atoms with van der Waals surface area (Å²) in [6.45, 7) is 4.88. The molecule has 1 aliphatic carbocycles. The number of aryl methyl sites for hydroxylation is 1. The highest BCUT2D eigenvalue weighted by Crippen LogP contribution is 2.26. The van der Waals surface area contributed by atoms with Crippen molar-refractivity contribution >= 4 is 0 Å². The van der Waals surface area contributed by atoms with Crippen molar-refractivity contribution in [2.45, 2.75) is 64.7 Å². The molecule has 1 fully saturated rings. The average Bonchev–Trinajstić information content (AvgIpc) is 3.22. The summed E-state index contributed by atoms with van der Waals surface area (Å²) in [5, 5.41) is 9.28. The fraction of sp³-hybridized carbons (Fsp3) is 0.370. The summed E-state index contributed by atoms with van der Waals surface area (Å²) in [7, 11) is 0. The zero-order valence-electron chi connectivity index (χ0n) is 17.9. The summed E-state index contributed by atoms with van der Waals surface area (Å²) < 4.78 is 2.38. The first-order chi connectivity index (χ1) is 14.7. The maximum Gasteiger partial charge on any atom is 0.0991 e. The molecule has 1 saturated carbocycles. The van der Waals surface area contributed by atoms with Gasteiger partial charge < -0.3 is 4.57 Å². The Morgan fingerprint density at radius 2 is 1.73 bits per heavy atom. The molecule has 0 N–H and O–H groups in total. The van der Waals surface area contributed by atoms with Crippen LogP contribution in [0, 0.1) is 18.3 Å². The van der Waals surface area contributed by atoms with Gasteiger partial charge in [0.25, 0.3) is 0 Å². The highest BCUT2D eigenvalue weighted by molar-refractivity contribution is 5.32. The van der Waals surface area contributed by atoms with Crippen LogP contribution >= 0.6 is 0 Å². The normalized spacial score (nSPS) is 14.7. The van der Waals surface area contributed by atoms with Gasteiger partial charge in [-0.2, -0.15) is 5.26 Å². The van der Waals surface area contributed by atoms with Crippen LogP contribution in [0.2, 0.25) is 0 Å². The summed E-state index contributed by atoms with van der Waals surface area (Å²) in [6.07, 6.45) is 8.75. The molecule has 0 atom stereocenters. The SMILES string of the molecule is Cc1ccc(Cn2cccc2CN(Cc2cccc(C#N)c2)C2CCCCC2)cc1. The first-order valence-corrected chi connectivity index (χ1v) is 11.1. The molecular formula is C27H31N3. The zero-order valence-corrected chi connectivity index (χ0v) is 17.9. The van der Waals surface area contributed by atoms with Crippen LogP contribution in [0.1, 0.15) is 60.1 Å². The fourth-order valence-corrected chi connectivity index (χ4v) is 4.58. The highest BCUT2D eigenvalue weighted by Gasteiger charge is 2.22. The quantitative estimate of drug-likeness (QED) is 0.486. The van der Waals surface area contributed by atoms with Gasteiger partial charge in [-0.05, 0) is 55.2 Å². The van der Waals surface area contributed by atoms with E-state index in [1.165, 1.54) is 54.5 Å². The third-order valence-electron chi connectivity index (χ3n) is 6.29. The summed E-state index contributed by atoms with van der Waals surface area (Å²) in [6, 6.07) is 24.3. The molecule has 154 valence electrons. The standard InChI is InChI=1S/C27H31N3/c1-22-12-14-23(15-13-22)19-29-16-6-11-27(29)21-30(26-9-3-2-4-10-26)20-25-8-5-7-24(17-25)18-28/h5-8,11-17,26H,2-4,9-10,19-21H2,1H3. The molecule has 0 aliphatic heterocycles. The number of rotatable bonds is 7. The molecule has 3 heteroatoms. The molecule has 1 aliphatic rings. The Morgan fingerprint density at radius 3 is 2.50 bits per heavy atom. The molecule has 2 aromatic carbocycles. The molecule has 30 heavy (non-hydrogen) atoms. The molecule has 4 rings (SSSR count). The third-order valence-corrected chi connectivity index (χ3v) is 6.29. The van der Waals surface area contributed by atoms with Crippen molar-refractivity contribution in [2.24, 2.45) is 0 Å². The van der Waals surface area contributed by atoms with Gasteiger partial charge >= 0.3 is 0 Å². The van der Waals surface area contributed by atoms with Gasteiger partial charge in [0.05, 0.1) is 11.6 Å². The molecule has 0 saturated heterocycles. The van der Waals surface area contributed by atoms with E-state index >= 15 is 0 Å². The van der Waals surface area contributed by atoms with Gasteiger partial charge in [0, 0.05) is 37.6 Å². The largest absolute Gasteiger partial charge is 0.346 e. The second-order valence-electron chi connectivity index (χ2n) is 8.62. The number of nitrogens with zero attached hydrogens (tertiary/aromatic N) is 3. The van der Waals surface area contributed by atoms with E-state index in [2.05, 4.69) is 71.1 Å². The number of aromatic nitrogens is 1. The first-order valence-electron chi connectivity index (χ1n) is 11.1. The van der Waals surface area contributed by atoms with Crippen molar-refractivity contribution in [3.8, 4) is 6.07 Å². The Bertz CT molecular complexity index is 987. The minimum atomic E-state index is 0.618. The minimum absolute atomic E-state index is 0.618. The van der Waals surface area contributed by atoms with Crippen molar-refractivity contribution in [1.82, 2.24) is 9.47 Å². The van der Waals surface area contributed by atoms with E-state index in [9.17, 15) is 5.26 Å². The van der Waals surface area contributed by atoms with Gasteiger partial charge in [0.2, 0.25) is 0 Å². The van der Waals surface area contributed by atoms with Crippen LogP contribution in [-0.2, 0) is 19.6 Å². The maximum atomic E-state index is 9.28.